The van der Waals surface area contributed by atoms with Crippen LogP contribution in [0.3, 0.4) is 0 Å². The van der Waals surface area contributed by atoms with E-state index in [1.807, 2.05) is 43.3 Å². The van der Waals surface area contributed by atoms with Crippen LogP contribution in [0.1, 0.15) is 35.7 Å². The minimum absolute atomic E-state index is 0.131. The number of hydrogen-bond donors (Lipinski definition) is 1. The summed E-state index contributed by atoms with van der Waals surface area (Å²) in [6.07, 6.45) is 3.34. The van der Waals surface area contributed by atoms with Gasteiger partial charge < -0.3 is 10.1 Å². The van der Waals surface area contributed by atoms with Crippen molar-refractivity contribution >= 4 is 18.0 Å². The average molecular weight is 323 g/mol. The maximum Gasteiger partial charge on any atom is 0.354 e. The average Bonchev–Trinajstić information content (AvgIpc) is 2.63. The van der Waals surface area contributed by atoms with Crippen molar-refractivity contribution in [2.45, 2.75) is 19.8 Å². The van der Waals surface area contributed by atoms with Gasteiger partial charge in [0.2, 0.25) is 0 Å². The molecule has 124 valence electrons. The first-order valence-electron chi connectivity index (χ1n) is 8.01. The lowest BCUT2D eigenvalue weighted by atomic mass is 10.1. The Kier molecular flexibility index (Phi) is 6.77. The maximum absolute atomic E-state index is 12.3. The summed E-state index contributed by atoms with van der Waals surface area (Å²) in [5.41, 5.74) is 1.43. The zero-order valence-electron chi connectivity index (χ0n) is 13.7. The number of esters is 1. The molecule has 0 aliphatic carbocycles. The minimum Gasteiger partial charge on any atom is -0.461 e. The number of ether oxygens (including phenoxy) is 1. The molecule has 1 N–H and O–H groups in total. The van der Waals surface area contributed by atoms with Crippen molar-refractivity contribution in [2.75, 3.05) is 6.61 Å². The van der Waals surface area contributed by atoms with Crippen molar-refractivity contribution in [3.63, 3.8) is 0 Å². The molecule has 0 saturated heterocycles. The molecule has 0 aliphatic rings. The summed E-state index contributed by atoms with van der Waals surface area (Å²) in [7, 11) is 0. The van der Waals surface area contributed by atoms with E-state index in [4.69, 9.17) is 4.74 Å². The van der Waals surface area contributed by atoms with Crippen LogP contribution in [0.4, 0.5) is 0 Å². The number of nitrogens with one attached hydrogen (secondary N) is 1. The Bertz CT molecular complexity index is 693. The zero-order valence-corrected chi connectivity index (χ0v) is 13.7. The SMILES string of the molecule is CCCCOC(=O)/C(=C\c1ccccc1)NC(=O)c1ccccc1. The highest BCUT2D eigenvalue weighted by atomic mass is 16.5. The minimum atomic E-state index is -0.531. The van der Waals surface area contributed by atoms with Gasteiger partial charge in [0, 0.05) is 5.56 Å². The predicted molar refractivity (Wildman–Crippen MR) is 94.2 cm³/mol. The van der Waals surface area contributed by atoms with Crippen LogP contribution in [-0.2, 0) is 9.53 Å². The summed E-state index contributed by atoms with van der Waals surface area (Å²) < 4.78 is 5.23. The first kappa shape index (κ1) is 17.5. The summed E-state index contributed by atoms with van der Waals surface area (Å²) in [4.78, 5) is 24.6. The van der Waals surface area contributed by atoms with E-state index in [2.05, 4.69) is 5.32 Å². The van der Waals surface area contributed by atoms with Crippen molar-refractivity contribution in [2.24, 2.45) is 0 Å². The molecule has 0 saturated carbocycles. The van der Waals surface area contributed by atoms with Crippen molar-refractivity contribution < 1.29 is 14.3 Å². The fourth-order valence-electron chi connectivity index (χ4n) is 2.03. The quantitative estimate of drug-likeness (QED) is 0.479. The van der Waals surface area contributed by atoms with Crippen LogP contribution in [0.5, 0.6) is 0 Å². The smallest absolute Gasteiger partial charge is 0.354 e. The highest BCUT2D eigenvalue weighted by molar-refractivity contribution is 6.03. The molecule has 0 unspecified atom stereocenters. The molecule has 0 bridgehead atoms. The Morgan fingerprint density at radius 3 is 2.25 bits per heavy atom. The Balaban J connectivity index is 2.17. The summed E-state index contributed by atoms with van der Waals surface area (Å²) in [6.45, 7) is 2.36. The number of amides is 1. The van der Waals surface area contributed by atoms with Crippen molar-refractivity contribution in [1.82, 2.24) is 5.32 Å². The lowest BCUT2D eigenvalue weighted by molar-refractivity contribution is -0.139. The molecule has 0 aliphatic heterocycles. The van der Waals surface area contributed by atoms with Gasteiger partial charge in [0.05, 0.1) is 6.61 Å². The second-order valence-corrected chi connectivity index (χ2v) is 5.28. The number of benzene rings is 2. The fourth-order valence-corrected chi connectivity index (χ4v) is 2.03. The normalized spacial score (nSPS) is 11.0. The lowest BCUT2D eigenvalue weighted by Crippen LogP contribution is -2.28. The molecule has 0 heterocycles. The second kappa shape index (κ2) is 9.30. The molecule has 0 radical (unpaired) electrons. The summed E-state index contributed by atoms with van der Waals surface area (Å²) in [6, 6.07) is 18.1. The molecule has 1 amide bonds. The van der Waals surface area contributed by atoms with E-state index >= 15 is 0 Å². The first-order valence-corrected chi connectivity index (χ1v) is 8.01. The molecule has 4 heteroatoms. The van der Waals surface area contributed by atoms with Crippen molar-refractivity contribution in [3.05, 3.63) is 77.5 Å². The van der Waals surface area contributed by atoms with Crippen molar-refractivity contribution in [1.29, 1.82) is 0 Å². The van der Waals surface area contributed by atoms with Crippen LogP contribution in [0.25, 0.3) is 6.08 Å². The maximum atomic E-state index is 12.3. The molecule has 0 aromatic heterocycles. The Morgan fingerprint density at radius 1 is 1.00 bits per heavy atom. The van der Waals surface area contributed by atoms with Crippen LogP contribution < -0.4 is 5.32 Å². The number of carbonyl (C=O) groups is 2. The molecule has 2 aromatic carbocycles. The monoisotopic (exact) mass is 323 g/mol. The third-order valence-electron chi connectivity index (χ3n) is 3.35. The predicted octanol–water partition coefficient (Wildman–Crippen LogP) is 3.80. The molecule has 4 nitrogen and oxygen atoms in total. The molecule has 0 atom stereocenters. The van der Waals surface area contributed by atoms with Crippen LogP contribution in [0, 0.1) is 0 Å². The molecular formula is C20H21NO3. The van der Waals surface area contributed by atoms with E-state index < -0.39 is 5.97 Å². The molecule has 0 fully saturated rings. The topological polar surface area (TPSA) is 55.4 Å². The number of carbonyl (C=O) groups excluding carboxylic acids is 2. The zero-order chi connectivity index (χ0) is 17.2. The van der Waals surface area contributed by atoms with E-state index in [0.717, 1.165) is 18.4 Å². The van der Waals surface area contributed by atoms with E-state index in [-0.39, 0.29) is 11.6 Å². The number of hydrogen-bond acceptors (Lipinski definition) is 3. The van der Waals surface area contributed by atoms with E-state index in [0.29, 0.717) is 12.2 Å². The van der Waals surface area contributed by atoms with Crippen LogP contribution in [0.15, 0.2) is 66.4 Å². The highest BCUT2D eigenvalue weighted by Gasteiger charge is 2.15. The highest BCUT2D eigenvalue weighted by Crippen LogP contribution is 2.08. The summed E-state index contributed by atoms with van der Waals surface area (Å²) >= 11 is 0. The largest absolute Gasteiger partial charge is 0.461 e. The van der Waals surface area contributed by atoms with E-state index in [1.165, 1.54) is 0 Å². The molecule has 2 rings (SSSR count). The van der Waals surface area contributed by atoms with E-state index in [9.17, 15) is 9.59 Å². The van der Waals surface area contributed by atoms with Gasteiger partial charge in [-0.15, -0.1) is 0 Å². The lowest BCUT2D eigenvalue weighted by Gasteiger charge is -2.10. The fraction of sp³-hybridized carbons (Fsp3) is 0.200. The van der Waals surface area contributed by atoms with Gasteiger partial charge in [0.1, 0.15) is 5.70 Å². The van der Waals surface area contributed by atoms with Gasteiger partial charge in [0.15, 0.2) is 0 Å². The van der Waals surface area contributed by atoms with Crippen molar-refractivity contribution in [3.8, 4) is 0 Å². The number of rotatable bonds is 7. The van der Waals surface area contributed by atoms with Crippen LogP contribution >= 0.6 is 0 Å². The van der Waals surface area contributed by atoms with Gasteiger partial charge >= 0.3 is 5.97 Å². The van der Waals surface area contributed by atoms with Crippen LogP contribution in [-0.4, -0.2) is 18.5 Å². The van der Waals surface area contributed by atoms with Gasteiger partial charge in [-0.2, -0.15) is 0 Å². The standard InChI is InChI=1S/C20H21NO3/c1-2-3-14-24-20(23)18(15-16-10-6-4-7-11-16)21-19(22)17-12-8-5-9-13-17/h4-13,15H,2-3,14H2,1H3,(H,21,22)/b18-15+. The second-order valence-electron chi connectivity index (χ2n) is 5.28. The van der Waals surface area contributed by atoms with Gasteiger partial charge in [-0.05, 0) is 30.2 Å². The Morgan fingerprint density at radius 2 is 1.62 bits per heavy atom. The first-order chi connectivity index (χ1) is 11.7. The van der Waals surface area contributed by atoms with Crippen LogP contribution in [0.2, 0.25) is 0 Å². The molecule has 2 aromatic rings. The number of unbranched alkanes of at least 4 members (excludes halogenated alkanes) is 1. The third-order valence-corrected chi connectivity index (χ3v) is 3.35. The Hall–Kier alpha value is -2.88. The van der Waals surface area contributed by atoms with Gasteiger partial charge in [-0.25, -0.2) is 4.79 Å². The summed E-state index contributed by atoms with van der Waals surface area (Å²) in [5, 5.41) is 2.66. The molecule has 24 heavy (non-hydrogen) atoms. The molecular weight excluding hydrogens is 302 g/mol. The third kappa shape index (κ3) is 5.39. The van der Waals surface area contributed by atoms with E-state index in [1.54, 1.807) is 30.3 Å². The molecule has 0 spiro atoms. The Labute approximate surface area is 142 Å². The summed E-state index contributed by atoms with van der Waals surface area (Å²) in [5.74, 6) is -0.873. The van der Waals surface area contributed by atoms with Gasteiger partial charge in [-0.1, -0.05) is 61.9 Å². The van der Waals surface area contributed by atoms with Gasteiger partial charge in [0.25, 0.3) is 5.91 Å². The van der Waals surface area contributed by atoms with Gasteiger partial charge in [-0.3, -0.25) is 4.79 Å².